The largest absolute Gasteiger partial charge is 0.465 e. The molecular weight excluding hydrogens is 475 g/mol. The number of carbonyl (C=O) groups excluding carboxylic acids is 1. The van der Waals surface area contributed by atoms with Gasteiger partial charge in [-0.05, 0) is 37.3 Å². The van der Waals surface area contributed by atoms with Crippen molar-refractivity contribution >= 4 is 46.3 Å². The van der Waals surface area contributed by atoms with Crippen LogP contribution in [0.5, 0.6) is 0 Å². The van der Waals surface area contributed by atoms with Crippen LogP contribution in [-0.2, 0) is 12.8 Å². The van der Waals surface area contributed by atoms with E-state index >= 15 is 4.39 Å². The van der Waals surface area contributed by atoms with E-state index in [4.69, 9.17) is 11.6 Å². The van der Waals surface area contributed by atoms with Crippen LogP contribution in [0.3, 0.4) is 0 Å². The van der Waals surface area contributed by atoms with Crippen molar-refractivity contribution in [3.63, 3.8) is 0 Å². The Labute approximate surface area is 204 Å². The van der Waals surface area contributed by atoms with Gasteiger partial charge < -0.3 is 14.8 Å². The molecule has 8 nitrogen and oxygen atoms in total. The maximum atomic E-state index is 15.1. The minimum Gasteiger partial charge on any atom is -0.465 e. The minimum atomic E-state index is -2.06. The van der Waals surface area contributed by atoms with Crippen molar-refractivity contribution in [3.8, 4) is 0 Å². The fourth-order valence-corrected chi connectivity index (χ4v) is 4.76. The Kier molecular flexibility index (Phi) is 5.26. The average molecular weight is 495 g/mol. The molecule has 0 radical (unpaired) electrons. The number of carbonyl (C=O) groups is 2. The predicted molar refractivity (Wildman–Crippen MR) is 129 cm³/mol. The fraction of sp³-hybridized carbons (Fsp3) is 0.160. The molecule has 0 saturated heterocycles. The Morgan fingerprint density at radius 1 is 1.17 bits per heavy atom. The van der Waals surface area contributed by atoms with E-state index in [0.717, 1.165) is 9.80 Å². The van der Waals surface area contributed by atoms with Crippen molar-refractivity contribution in [2.75, 3.05) is 16.3 Å². The number of imidazole rings is 1. The smallest absolute Gasteiger partial charge is 0.414 e. The second kappa shape index (κ2) is 8.07. The van der Waals surface area contributed by atoms with E-state index in [0.29, 0.717) is 11.0 Å². The highest BCUT2D eigenvalue weighted by Crippen LogP contribution is 2.46. The molecule has 35 heavy (non-hydrogen) atoms. The molecule has 1 aromatic heterocycles. The Bertz CT molecular complexity index is 1520. The van der Waals surface area contributed by atoms with Crippen LogP contribution in [0.25, 0.3) is 11.0 Å². The SMILES string of the molecule is CCN(C(=O)O)c1nc2ccc(C3(O)c4ccccc4C(=O)N3c3cccc(Cl)c3F)cc2n1C. The first kappa shape index (κ1) is 22.8. The van der Waals surface area contributed by atoms with Gasteiger partial charge in [-0.25, -0.2) is 19.1 Å². The molecule has 178 valence electrons. The summed E-state index contributed by atoms with van der Waals surface area (Å²) in [5.74, 6) is -1.21. The number of benzene rings is 3. The number of nitrogens with zero attached hydrogens (tertiary/aromatic N) is 4. The summed E-state index contributed by atoms with van der Waals surface area (Å²) in [7, 11) is 1.66. The van der Waals surface area contributed by atoms with Crippen LogP contribution >= 0.6 is 11.6 Å². The lowest BCUT2D eigenvalue weighted by Crippen LogP contribution is -2.45. The average Bonchev–Trinajstić information content (AvgIpc) is 3.28. The molecule has 0 saturated carbocycles. The number of hydrogen-bond donors (Lipinski definition) is 2. The standard InChI is InChI=1S/C25H20ClFN4O4/c1-3-30(24(33)34)23-28-18-12-11-14(13-20(18)29(23)2)25(35)16-8-5-4-7-15(16)22(32)31(25)19-10-6-9-17(26)21(19)27/h4-13,35H,3H2,1-2H3,(H,33,34). The second-order valence-corrected chi connectivity index (χ2v) is 8.54. The lowest BCUT2D eigenvalue weighted by Gasteiger charge is -2.35. The first-order valence-corrected chi connectivity index (χ1v) is 11.2. The van der Waals surface area contributed by atoms with Gasteiger partial charge in [0.1, 0.15) is 0 Å². The van der Waals surface area contributed by atoms with Crippen LogP contribution < -0.4 is 9.80 Å². The lowest BCUT2D eigenvalue weighted by atomic mass is 9.93. The van der Waals surface area contributed by atoms with Gasteiger partial charge in [-0.2, -0.15) is 0 Å². The van der Waals surface area contributed by atoms with E-state index < -0.39 is 23.5 Å². The molecule has 2 N–H and O–H groups in total. The third-order valence-corrected chi connectivity index (χ3v) is 6.57. The maximum absolute atomic E-state index is 15.1. The molecule has 2 amide bonds. The molecule has 0 fully saturated rings. The Morgan fingerprint density at radius 2 is 1.91 bits per heavy atom. The molecular formula is C25H20ClFN4O4. The van der Waals surface area contributed by atoms with E-state index in [1.54, 1.807) is 61.0 Å². The van der Waals surface area contributed by atoms with Crippen molar-refractivity contribution in [1.29, 1.82) is 0 Å². The van der Waals surface area contributed by atoms with Crippen molar-refractivity contribution < 1.29 is 24.2 Å². The topological polar surface area (TPSA) is 98.9 Å². The van der Waals surface area contributed by atoms with Crippen LogP contribution in [0.2, 0.25) is 5.02 Å². The van der Waals surface area contributed by atoms with Crippen molar-refractivity contribution in [2.24, 2.45) is 7.05 Å². The monoisotopic (exact) mass is 494 g/mol. The lowest BCUT2D eigenvalue weighted by molar-refractivity contribution is 0.0699. The highest BCUT2D eigenvalue weighted by Gasteiger charge is 2.51. The fourth-order valence-electron chi connectivity index (χ4n) is 4.59. The third-order valence-electron chi connectivity index (χ3n) is 6.28. The van der Waals surface area contributed by atoms with E-state index in [1.807, 2.05) is 0 Å². The molecule has 4 aromatic rings. The van der Waals surface area contributed by atoms with Crippen molar-refractivity contribution in [1.82, 2.24) is 9.55 Å². The van der Waals surface area contributed by atoms with Gasteiger partial charge in [0.15, 0.2) is 11.5 Å². The summed E-state index contributed by atoms with van der Waals surface area (Å²) in [5, 5.41) is 21.5. The van der Waals surface area contributed by atoms with E-state index in [-0.39, 0.29) is 39.9 Å². The number of hydrogen-bond acceptors (Lipinski definition) is 4. The zero-order chi connectivity index (χ0) is 25.1. The van der Waals surface area contributed by atoms with Gasteiger partial charge in [-0.15, -0.1) is 0 Å². The maximum Gasteiger partial charge on any atom is 0.414 e. The van der Waals surface area contributed by atoms with Crippen LogP contribution in [0.1, 0.15) is 28.4 Å². The summed E-state index contributed by atoms with van der Waals surface area (Å²) >= 11 is 6.00. The molecule has 10 heteroatoms. The Balaban J connectivity index is 1.76. The van der Waals surface area contributed by atoms with E-state index in [2.05, 4.69) is 4.98 Å². The molecule has 2 heterocycles. The quantitative estimate of drug-likeness (QED) is 0.427. The molecule has 1 aliphatic rings. The van der Waals surface area contributed by atoms with Crippen LogP contribution in [-0.4, -0.2) is 38.3 Å². The van der Waals surface area contributed by atoms with Gasteiger partial charge in [0.2, 0.25) is 5.95 Å². The van der Waals surface area contributed by atoms with Crippen LogP contribution in [0.4, 0.5) is 20.8 Å². The number of fused-ring (bicyclic) bond motifs is 2. The van der Waals surface area contributed by atoms with Gasteiger partial charge in [-0.1, -0.05) is 41.9 Å². The molecule has 1 atom stereocenters. The molecule has 1 unspecified atom stereocenters. The van der Waals surface area contributed by atoms with Gasteiger partial charge in [0.25, 0.3) is 5.91 Å². The predicted octanol–water partition coefficient (Wildman–Crippen LogP) is 4.72. The zero-order valence-corrected chi connectivity index (χ0v) is 19.5. The summed E-state index contributed by atoms with van der Waals surface area (Å²) in [6.07, 6.45) is -1.15. The van der Waals surface area contributed by atoms with Gasteiger partial charge in [0, 0.05) is 30.3 Å². The highest BCUT2D eigenvalue weighted by atomic mass is 35.5. The number of amides is 2. The summed E-state index contributed by atoms with van der Waals surface area (Å²) in [6.45, 7) is 1.88. The van der Waals surface area contributed by atoms with E-state index in [1.165, 1.54) is 18.2 Å². The minimum absolute atomic E-state index is 0.171. The summed E-state index contributed by atoms with van der Waals surface area (Å²) in [4.78, 5) is 31.6. The number of aryl methyl sites for hydroxylation is 1. The highest BCUT2D eigenvalue weighted by molar-refractivity contribution is 6.31. The molecule has 0 aliphatic carbocycles. The van der Waals surface area contributed by atoms with Gasteiger partial charge in [0.05, 0.1) is 21.7 Å². The molecule has 0 spiro atoms. The molecule has 0 bridgehead atoms. The Hall–Kier alpha value is -3.95. The number of aliphatic hydroxyl groups is 1. The number of rotatable bonds is 4. The molecule has 3 aromatic carbocycles. The first-order valence-electron chi connectivity index (χ1n) is 10.8. The number of carboxylic acid groups (broad SMARTS) is 1. The number of aromatic nitrogens is 2. The second-order valence-electron chi connectivity index (χ2n) is 8.13. The molecule has 5 rings (SSSR count). The Morgan fingerprint density at radius 3 is 2.63 bits per heavy atom. The summed E-state index contributed by atoms with van der Waals surface area (Å²) < 4.78 is 16.7. The van der Waals surface area contributed by atoms with Crippen LogP contribution in [0, 0.1) is 5.82 Å². The first-order chi connectivity index (χ1) is 16.7. The zero-order valence-electron chi connectivity index (χ0n) is 18.7. The summed E-state index contributed by atoms with van der Waals surface area (Å²) in [5.41, 5.74) is -0.433. The van der Waals surface area contributed by atoms with Gasteiger partial charge >= 0.3 is 6.09 Å². The van der Waals surface area contributed by atoms with Crippen molar-refractivity contribution in [3.05, 3.63) is 88.2 Å². The third kappa shape index (κ3) is 3.19. The number of anilines is 2. The normalized spacial score (nSPS) is 17.2. The molecule has 1 aliphatic heterocycles. The van der Waals surface area contributed by atoms with Crippen LogP contribution in [0.15, 0.2) is 60.7 Å². The van der Waals surface area contributed by atoms with Gasteiger partial charge in [-0.3, -0.25) is 9.69 Å². The summed E-state index contributed by atoms with van der Waals surface area (Å²) in [6, 6.07) is 15.6. The van der Waals surface area contributed by atoms with E-state index in [9.17, 15) is 19.8 Å². The van der Waals surface area contributed by atoms with Crippen molar-refractivity contribution in [2.45, 2.75) is 12.6 Å². The number of halogens is 2.